The molecule has 1 amide bonds. The van der Waals surface area contributed by atoms with Crippen LogP contribution in [0.1, 0.15) is 49.7 Å². The van der Waals surface area contributed by atoms with Gasteiger partial charge in [0.2, 0.25) is 5.91 Å². The summed E-state index contributed by atoms with van der Waals surface area (Å²) in [5.74, 6) is 1.14. The van der Waals surface area contributed by atoms with Gasteiger partial charge in [0.1, 0.15) is 0 Å². The lowest BCUT2D eigenvalue weighted by atomic mass is 9.93. The van der Waals surface area contributed by atoms with Gasteiger partial charge >= 0.3 is 0 Å². The molecule has 2 fully saturated rings. The molecule has 1 aromatic carbocycles. The third-order valence-electron chi connectivity index (χ3n) is 5.64. The van der Waals surface area contributed by atoms with Gasteiger partial charge in [-0.15, -0.1) is 0 Å². The lowest BCUT2D eigenvalue weighted by Gasteiger charge is -2.27. The van der Waals surface area contributed by atoms with Crippen molar-refractivity contribution in [2.45, 2.75) is 57.9 Å². The molecule has 1 N–H and O–H groups in total. The van der Waals surface area contributed by atoms with Crippen molar-refractivity contribution in [2.75, 3.05) is 19.6 Å². The quantitative estimate of drug-likeness (QED) is 0.904. The van der Waals surface area contributed by atoms with Crippen molar-refractivity contribution >= 4 is 5.91 Å². The number of carbonyl (C=O) groups excluding carboxylic acids is 1. The zero-order valence-electron chi connectivity index (χ0n) is 14.4. The Hall–Kier alpha value is -1.35. The molecule has 1 aromatic rings. The van der Waals surface area contributed by atoms with Gasteiger partial charge in [-0.05, 0) is 75.6 Å². The number of hydrogen-bond acceptors (Lipinski definition) is 2. The Morgan fingerprint density at radius 3 is 2.78 bits per heavy atom. The highest BCUT2D eigenvalue weighted by Crippen LogP contribution is 2.25. The van der Waals surface area contributed by atoms with Crippen LogP contribution in [-0.2, 0) is 11.2 Å². The summed E-state index contributed by atoms with van der Waals surface area (Å²) in [6.45, 7) is 5.38. The first-order valence-corrected chi connectivity index (χ1v) is 9.28. The highest BCUT2D eigenvalue weighted by atomic mass is 16.2. The van der Waals surface area contributed by atoms with Crippen LogP contribution in [0.25, 0.3) is 0 Å². The largest absolute Gasteiger partial charge is 0.339 e. The van der Waals surface area contributed by atoms with Gasteiger partial charge in [0.05, 0.1) is 0 Å². The maximum Gasteiger partial charge on any atom is 0.222 e. The van der Waals surface area contributed by atoms with Crippen molar-refractivity contribution in [2.24, 2.45) is 5.92 Å². The van der Waals surface area contributed by atoms with E-state index in [2.05, 4.69) is 41.4 Å². The molecule has 2 heterocycles. The molecule has 1 unspecified atom stereocenters. The second-order valence-corrected chi connectivity index (χ2v) is 7.25. The molecule has 0 bridgehead atoms. The number of benzene rings is 1. The number of carbonyl (C=O) groups is 1. The normalized spacial score (nSPS) is 22.5. The topological polar surface area (TPSA) is 32.3 Å². The van der Waals surface area contributed by atoms with Gasteiger partial charge in [-0.2, -0.15) is 0 Å². The van der Waals surface area contributed by atoms with E-state index >= 15 is 0 Å². The molecule has 2 saturated heterocycles. The van der Waals surface area contributed by atoms with E-state index in [0.717, 1.165) is 57.7 Å². The number of aryl methyl sites for hydroxylation is 1. The van der Waals surface area contributed by atoms with E-state index in [4.69, 9.17) is 0 Å². The van der Waals surface area contributed by atoms with Gasteiger partial charge in [-0.25, -0.2) is 0 Å². The SMILES string of the molecule is Cc1ccccc1CC1CCCN1C(=O)CCC1CCNCC1. The van der Waals surface area contributed by atoms with E-state index in [0.29, 0.717) is 11.9 Å². The van der Waals surface area contributed by atoms with Gasteiger partial charge in [0.25, 0.3) is 0 Å². The number of hydrogen-bond donors (Lipinski definition) is 1. The summed E-state index contributed by atoms with van der Waals surface area (Å²) in [6, 6.07) is 9.01. The molecule has 0 aromatic heterocycles. The van der Waals surface area contributed by atoms with Crippen molar-refractivity contribution in [3.8, 4) is 0 Å². The third-order valence-corrected chi connectivity index (χ3v) is 5.64. The van der Waals surface area contributed by atoms with E-state index in [1.807, 2.05) is 0 Å². The maximum atomic E-state index is 12.7. The van der Waals surface area contributed by atoms with Crippen LogP contribution in [0.2, 0.25) is 0 Å². The van der Waals surface area contributed by atoms with Crippen LogP contribution in [0.4, 0.5) is 0 Å². The fourth-order valence-electron chi connectivity index (χ4n) is 4.11. The average Bonchev–Trinajstić information content (AvgIpc) is 3.04. The van der Waals surface area contributed by atoms with Gasteiger partial charge in [-0.1, -0.05) is 24.3 Å². The lowest BCUT2D eigenvalue weighted by Crippen LogP contribution is -2.37. The van der Waals surface area contributed by atoms with E-state index in [9.17, 15) is 4.79 Å². The van der Waals surface area contributed by atoms with Crippen LogP contribution in [0.3, 0.4) is 0 Å². The average molecular weight is 314 g/mol. The molecule has 3 nitrogen and oxygen atoms in total. The van der Waals surface area contributed by atoms with Crippen LogP contribution in [0.5, 0.6) is 0 Å². The zero-order valence-corrected chi connectivity index (χ0v) is 14.4. The van der Waals surface area contributed by atoms with Gasteiger partial charge in [0.15, 0.2) is 0 Å². The number of amides is 1. The summed E-state index contributed by atoms with van der Waals surface area (Å²) in [5.41, 5.74) is 2.75. The minimum Gasteiger partial charge on any atom is -0.339 e. The molecule has 0 spiro atoms. The molecule has 0 saturated carbocycles. The molecule has 3 heteroatoms. The Kier molecular flexibility index (Phi) is 5.71. The molecule has 0 aliphatic carbocycles. The monoisotopic (exact) mass is 314 g/mol. The summed E-state index contributed by atoms with van der Waals surface area (Å²) in [5, 5.41) is 3.40. The summed E-state index contributed by atoms with van der Waals surface area (Å²) in [7, 11) is 0. The number of rotatable bonds is 5. The molecule has 2 aliphatic rings. The molecule has 3 rings (SSSR count). The Bertz CT molecular complexity index is 522. The highest BCUT2D eigenvalue weighted by molar-refractivity contribution is 5.76. The van der Waals surface area contributed by atoms with E-state index in [1.54, 1.807) is 0 Å². The number of nitrogens with one attached hydrogen (secondary N) is 1. The van der Waals surface area contributed by atoms with Crippen molar-refractivity contribution < 1.29 is 4.79 Å². The predicted octanol–water partition coefficient (Wildman–Crippen LogP) is 3.31. The Labute approximate surface area is 140 Å². The second kappa shape index (κ2) is 7.96. The molecular formula is C20H30N2O. The van der Waals surface area contributed by atoms with Crippen LogP contribution in [0.15, 0.2) is 24.3 Å². The first kappa shape index (κ1) is 16.5. The van der Waals surface area contributed by atoms with Crippen LogP contribution in [-0.4, -0.2) is 36.5 Å². The summed E-state index contributed by atoms with van der Waals surface area (Å²) < 4.78 is 0. The van der Waals surface area contributed by atoms with Crippen molar-refractivity contribution in [3.63, 3.8) is 0 Å². The maximum absolute atomic E-state index is 12.7. The van der Waals surface area contributed by atoms with Crippen LogP contribution in [0, 0.1) is 12.8 Å². The molecule has 1 atom stereocenters. The number of piperidine rings is 1. The lowest BCUT2D eigenvalue weighted by molar-refractivity contribution is -0.132. The second-order valence-electron chi connectivity index (χ2n) is 7.25. The third kappa shape index (κ3) is 4.35. The Morgan fingerprint density at radius 2 is 2.00 bits per heavy atom. The van der Waals surface area contributed by atoms with E-state index in [-0.39, 0.29) is 0 Å². The predicted molar refractivity (Wildman–Crippen MR) is 94.4 cm³/mol. The van der Waals surface area contributed by atoms with Crippen molar-refractivity contribution in [1.82, 2.24) is 10.2 Å². The minimum absolute atomic E-state index is 0.389. The minimum atomic E-state index is 0.389. The standard InChI is InChI=1S/C20H30N2O/c1-16-5-2-3-6-18(16)15-19-7-4-14-22(19)20(23)9-8-17-10-12-21-13-11-17/h2-3,5-6,17,19,21H,4,7-15H2,1H3. The molecule has 0 radical (unpaired) electrons. The molecule has 126 valence electrons. The van der Waals surface area contributed by atoms with Crippen molar-refractivity contribution in [1.29, 1.82) is 0 Å². The van der Waals surface area contributed by atoms with Crippen LogP contribution < -0.4 is 5.32 Å². The Balaban J connectivity index is 1.53. The highest BCUT2D eigenvalue weighted by Gasteiger charge is 2.29. The number of nitrogens with zero attached hydrogens (tertiary/aromatic N) is 1. The fourth-order valence-corrected chi connectivity index (χ4v) is 4.11. The smallest absolute Gasteiger partial charge is 0.222 e. The van der Waals surface area contributed by atoms with E-state index < -0.39 is 0 Å². The molecular weight excluding hydrogens is 284 g/mol. The van der Waals surface area contributed by atoms with Gasteiger partial charge < -0.3 is 10.2 Å². The zero-order chi connectivity index (χ0) is 16.1. The van der Waals surface area contributed by atoms with Gasteiger partial charge in [-0.3, -0.25) is 4.79 Å². The van der Waals surface area contributed by atoms with Crippen LogP contribution >= 0.6 is 0 Å². The summed E-state index contributed by atoms with van der Waals surface area (Å²) >= 11 is 0. The first-order chi connectivity index (χ1) is 11.2. The van der Waals surface area contributed by atoms with Crippen molar-refractivity contribution in [3.05, 3.63) is 35.4 Å². The number of likely N-dealkylation sites (tertiary alicyclic amines) is 1. The summed E-state index contributed by atoms with van der Waals surface area (Å²) in [6.07, 6.45) is 7.64. The Morgan fingerprint density at radius 1 is 1.22 bits per heavy atom. The molecule has 23 heavy (non-hydrogen) atoms. The fraction of sp³-hybridized carbons (Fsp3) is 0.650. The van der Waals surface area contributed by atoms with Gasteiger partial charge in [0, 0.05) is 19.0 Å². The molecule has 2 aliphatic heterocycles. The van der Waals surface area contributed by atoms with E-state index in [1.165, 1.54) is 24.0 Å². The summed E-state index contributed by atoms with van der Waals surface area (Å²) in [4.78, 5) is 14.9. The first-order valence-electron chi connectivity index (χ1n) is 9.28.